The van der Waals surface area contributed by atoms with Crippen molar-refractivity contribution in [3.63, 3.8) is 0 Å². The van der Waals surface area contributed by atoms with Gasteiger partial charge in [0.2, 0.25) is 0 Å². The first kappa shape index (κ1) is 20.9. The fraction of sp³-hybridized carbons (Fsp3) is 0.857. The largest absolute Gasteiger partial charge is 0.456 e. The molecule has 0 aromatic rings. The minimum atomic E-state index is -2.30. The Balaban J connectivity index is 1.92. The van der Waals surface area contributed by atoms with E-state index >= 15 is 0 Å². The van der Waals surface area contributed by atoms with Gasteiger partial charge in [-0.25, -0.2) is 9.59 Å². The van der Waals surface area contributed by atoms with Gasteiger partial charge in [0.15, 0.2) is 12.2 Å². The molecule has 2 aliphatic rings. The van der Waals surface area contributed by atoms with Crippen LogP contribution in [-0.4, -0.2) is 118 Å². The summed E-state index contributed by atoms with van der Waals surface area (Å²) in [4.78, 5) is 23.8. The molecule has 2 unspecified atom stereocenters. The first-order valence-corrected chi connectivity index (χ1v) is 8.11. The van der Waals surface area contributed by atoms with E-state index in [2.05, 4.69) is 10.6 Å². The van der Waals surface area contributed by atoms with Crippen LogP contribution < -0.4 is 10.6 Å². The van der Waals surface area contributed by atoms with Gasteiger partial charge in [0.05, 0.1) is 25.3 Å². The van der Waals surface area contributed by atoms with E-state index in [1.807, 2.05) is 0 Å². The molecule has 2 saturated heterocycles. The van der Waals surface area contributed by atoms with Gasteiger partial charge in [0, 0.05) is 13.1 Å². The number of aliphatic hydroxyl groups excluding tert-OH is 6. The monoisotopic (exact) mass is 380 g/mol. The number of hydrogen-bond acceptors (Lipinski definition) is 12. The zero-order valence-corrected chi connectivity index (χ0v) is 13.8. The molecule has 0 spiro atoms. The fourth-order valence-corrected chi connectivity index (χ4v) is 2.87. The predicted molar refractivity (Wildman–Crippen MR) is 81.5 cm³/mol. The second-order valence-corrected chi connectivity index (χ2v) is 6.22. The zero-order chi connectivity index (χ0) is 19.4. The number of rotatable bonds is 7. The molecule has 0 aliphatic carbocycles. The summed E-state index contributed by atoms with van der Waals surface area (Å²) in [5.41, 5.74) is 0. The van der Waals surface area contributed by atoms with E-state index in [0.29, 0.717) is 0 Å². The van der Waals surface area contributed by atoms with Crippen molar-refractivity contribution in [3.8, 4) is 0 Å². The Kier molecular flexibility index (Phi) is 7.25. The van der Waals surface area contributed by atoms with Crippen LogP contribution in [0.4, 0.5) is 0 Å². The topological polar surface area (TPSA) is 198 Å². The van der Waals surface area contributed by atoms with E-state index in [-0.39, 0.29) is 13.1 Å². The summed E-state index contributed by atoms with van der Waals surface area (Å²) in [5.74, 6) is -2.77. The van der Waals surface area contributed by atoms with Crippen molar-refractivity contribution in [1.29, 1.82) is 0 Å². The molecule has 2 heterocycles. The van der Waals surface area contributed by atoms with Crippen molar-refractivity contribution in [1.82, 2.24) is 10.6 Å². The van der Waals surface area contributed by atoms with Gasteiger partial charge in [-0.3, -0.25) is 0 Å². The molecule has 8 atom stereocenters. The third-order valence-electron chi connectivity index (χ3n) is 4.41. The number of carbonyl (C=O) groups is 2. The summed E-state index contributed by atoms with van der Waals surface area (Å²) < 4.78 is 9.73. The molecule has 0 radical (unpaired) electrons. The van der Waals surface area contributed by atoms with Gasteiger partial charge < -0.3 is 50.7 Å². The highest BCUT2D eigenvalue weighted by molar-refractivity contribution is 5.85. The lowest BCUT2D eigenvalue weighted by molar-refractivity contribution is -0.184. The van der Waals surface area contributed by atoms with Crippen LogP contribution in [0.2, 0.25) is 0 Å². The van der Waals surface area contributed by atoms with Crippen LogP contribution in [-0.2, 0) is 19.1 Å². The molecule has 12 nitrogen and oxygen atoms in total. The second kappa shape index (κ2) is 9.01. The molecule has 0 amide bonds. The van der Waals surface area contributed by atoms with Gasteiger partial charge in [-0.05, 0) is 0 Å². The number of β-amino-alcohol motifs (C(OH)–C–C–N with tert-alkyl or cyclic N) is 2. The van der Waals surface area contributed by atoms with Crippen molar-refractivity contribution in [3.05, 3.63) is 0 Å². The molecule has 8 N–H and O–H groups in total. The third kappa shape index (κ3) is 4.47. The molecular weight excluding hydrogens is 356 g/mol. The van der Waals surface area contributed by atoms with Gasteiger partial charge in [0.1, 0.15) is 24.4 Å². The quantitative estimate of drug-likeness (QED) is 0.195. The van der Waals surface area contributed by atoms with Gasteiger partial charge >= 0.3 is 11.9 Å². The maximum atomic E-state index is 11.9. The first-order chi connectivity index (χ1) is 12.3. The highest BCUT2D eigenvalue weighted by Crippen LogP contribution is 2.16. The Morgan fingerprint density at radius 1 is 0.846 bits per heavy atom. The molecular formula is C14H24N2O10. The van der Waals surface area contributed by atoms with E-state index in [1.54, 1.807) is 0 Å². The van der Waals surface area contributed by atoms with E-state index in [0.717, 1.165) is 0 Å². The molecule has 26 heavy (non-hydrogen) atoms. The molecule has 2 rings (SSSR count). The Labute approximate surface area is 148 Å². The molecule has 0 aromatic carbocycles. The molecule has 2 fully saturated rings. The van der Waals surface area contributed by atoms with Crippen molar-refractivity contribution in [2.45, 2.75) is 48.7 Å². The molecule has 0 aromatic heterocycles. The van der Waals surface area contributed by atoms with Crippen LogP contribution in [0.15, 0.2) is 0 Å². The average molecular weight is 380 g/mol. The van der Waals surface area contributed by atoms with Crippen molar-refractivity contribution >= 4 is 11.9 Å². The molecule has 0 saturated carbocycles. The number of aliphatic hydroxyl groups is 6. The number of esters is 2. The summed E-state index contributed by atoms with van der Waals surface area (Å²) in [7, 11) is 0. The van der Waals surface area contributed by atoms with Gasteiger partial charge in [0.25, 0.3) is 0 Å². The first-order valence-electron chi connectivity index (χ1n) is 8.11. The normalized spacial score (nSPS) is 36.5. The summed E-state index contributed by atoms with van der Waals surface area (Å²) in [6, 6.07) is -1.51. The summed E-state index contributed by atoms with van der Waals surface area (Å²) >= 11 is 0. The Hall–Kier alpha value is -1.38. The standard InChI is InChI=1S/C14H24N2O10/c17-3-5-11(7(19)1-15-5)25-13(23)9(21)10(22)14(24)26-12-6(4-18)16-2-8(12)20/h5-12,15-22H,1-4H2/t5-,6-,7-,8-,9?,10?,11-,12-/m0/s1. The number of carbonyl (C=O) groups excluding carboxylic acids is 2. The van der Waals surface area contributed by atoms with Crippen LogP contribution >= 0.6 is 0 Å². The lowest BCUT2D eigenvalue weighted by Crippen LogP contribution is -2.49. The zero-order valence-electron chi connectivity index (χ0n) is 13.8. The predicted octanol–water partition coefficient (Wildman–Crippen LogP) is -5.82. The molecule has 12 heteroatoms. The van der Waals surface area contributed by atoms with Crippen molar-refractivity contribution in [2.75, 3.05) is 26.3 Å². The van der Waals surface area contributed by atoms with Crippen molar-refractivity contribution in [2.24, 2.45) is 0 Å². The highest BCUT2D eigenvalue weighted by Gasteiger charge is 2.43. The lowest BCUT2D eigenvalue weighted by Gasteiger charge is -2.25. The Morgan fingerprint density at radius 3 is 1.50 bits per heavy atom. The lowest BCUT2D eigenvalue weighted by atomic mass is 10.1. The summed E-state index contributed by atoms with van der Waals surface area (Å²) in [6.45, 7) is -0.770. The SMILES string of the molecule is O=C(O[C@H]1[C@H](CO)NC[C@@H]1O)C(O)C(O)C(=O)O[C@H]1[C@H](CO)NC[C@@H]1O. The van der Waals surface area contributed by atoms with Crippen LogP contribution in [0, 0.1) is 0 Å². The number of nitrogens with one attached hydrogen (secondary N) is 2. The average Bonchev–Trinajstić information content (AvgIpc) is 3.16. The number of hydrogen-bond donors (Lipinski definition) is 8. The number of ether oxygens (including phenoxy) is 2. The minimum absolute atomic E-state index is 0.0545. The smallest absolute Gasteiger partial charge is 0.338 e. The van der Waals surface area contributed by atoms with Gasteiger partial charge in [-0.15, -0.1) is 0 Å². The van der Waals surface area contributed by atoms with Crippen LogP contribution in [0.25, 0.3) is 0 Å². The Bertz CT molecular complexity index is 462. The maximum Gasteiger partial charge on any atom is 0.338 e. The van der Waals surface area contributed by atoms with Crippen LogP contribution in [0.5, 0.6) is 0 Å². The molecule has 0 bridgehead atoms. The highest BCUT2D eigenvalue weighted by atomic mass is 16.6. The van der Waals surface area contributed by atoms with E-state index in [4.69, 9.17) is 19.7 Å². The third-order valence-corrected chi connectivity index (χ3v) is 4.41. The summed E-state index contributed by atoms with van der Waals surface area (Å²) in [6.07, 6.45) is -9.17. The molecule has 2 aliphatic heterocycles. The van der Waals surface area contributed by atoms with Gasteiger partial charge in [-0.1, -0.05) is 0 Å². The fourth-order valence-electron chi connectivity index (χ4n) is 2.87. The molecule has 150 valence electrons. The van der Waals surface area contributed by atoms with Crippen LogP contribution in [0.3, 0.4) is 0 Å². The Morgan fingerprint density at radius 2 is 1.19 bits per heavy atom. The van der Waals surface area contributed by atoms with E-state index < -0.39 is 73.9 Å². The maximum absolute atomic E-state index is 11.9. The second-order valence-electron chi connectivity index (χ2n) is 6.22. The minimum Gasteiger partial charge on any atom is -0.456 e. The van der Waals surface area contributed by atoms with Crippen LogP contribution in [0.1, 0.15) is 0 Å². The van der Waals surface area contributed by atoms with Crippen molar-refractivity contribution < 1.29 is 49.7 Å². The van der Waals surface area contributed by atoms with Gasteiger partial charge in [-0.2, -0.15) is 0 Å². The summed E-state index contributed by atoms with van der Waals surface area (Å²) in [5, 5.41) is 62.7. The van der Waals surface area contributed by atoms with E-state index in [9.17, 15) is 30.0 Å². The van der Waals surface area contributed by atoms with E-state index in [1.165, 1.54) is 0 Å².